The molecule has 0 saturated carbocycles. The van der Waals surface area contributed by atoms with Crippen LogP contribution in [0.4, 0.5) is 13.2 Å². The van der Waals surface area contributed by atoms with Crippen molar-refractivity contribution < 1.29 is 31.1 Å². The van der Waals surface area contributed by atoms with Crippen LogP contribution < -0.4 is 5.73 Å². The van der Waals surface area contributed by atoms with E-state index in [0.29, 0.717) is 47.6 Å². The lowest BCUT2D eigenvalue weighted by atomic mass is 9.80. The molecule has 0 bridgehead atoms. The summed E-state index contributed by atoms with van der Waals surface area (Å²) in [6, 6.07) is 0.0426. The molecule has 1 amide bonds. The molecule has 1 fully saturated rings. The number of halogens is 3. The number of piperidine rings is 1. The number of rotatable bonds is 8. The van der Waals surface area contributed by atoms with Gasteiger partial charge in [0, 0.05) is 36.5 Å². The van der Waals surface area contributed by atoms with Crippen LogP contribution in [0.2, 0.25) is 0 Å². The van der Waals surface area contributed by atoms with Crippen molar-refractivity contribution in [2.45, 2.75) is 63.9 Å². The normalized spacial score (nSPS) is 23.8. The molecular weight excluding hydrogens is 531 g/mol. The van der Waals surface area contributed by atoms with Crippen LogP contribution in [0.15, 0.2) is 6.20 Å². The van der Waals surface area contributed by atoms with Gasteiger partial charge in [0.25, 0.3) is 0 Å². The van der Waals surface area contributed by atoms with E-state index in [1.165, 1.54) is 10.9 Å². The fourth-order valence-electron chi connectivity index (χ4n) is 5.43. The molecule has 4 rings (SSSR count). The largest absolute Gasteiger partial charge is 0.426 e. The van der Waals surface area contributed by atoms with Crippen molar-refractivity contribution in [3.63, 3.8) is 0 Å². The topological polar surface area (TPSA) is 120 Å². The van der Waals surface area contributed by atoms with E-state index < -0.39 is 38.0 Å². The van der Waals surface area contributed by atoms with E-state index in [1.807, 2.05) is 6.92 Å². The molecule has 0 radical (unpaired) electrons. The number of alkyl halides is 3. The van der Waals surface area contributed by atoms with Crippen LogP contribution in [-0.4, -0.2) is 72.0 Å². The van der Waals surface area contributed by atoms with Gasteiger partial charge in [-0.2, -0.15) is 13.2 Å². The van der Waals surface area contributed by atoms with Crippen molar-refractivity contribution >= 4 is 27.1 Å². The zero-order valence-corrected chi connectivity index (χ0v) is 22.7. The minimum Gasteiger partial charge on any atom is -0.369 e. The van der Waals surface area contributed by atoms with Crippen LogP contribution in [0.25, 0.3) is 0 Å². The Kier molecular flexibility index (Phi) is 7.77. The van der Waals surface area contributed by atoms with E-state index in [9.17, 15) is 26.4 Å². The van der Waals surface area contributed by atoms with Gasteiger partial charge >= 0.3 is 6.18 Å². The third-order valence-corrected chi connectivity index (χ3v) is 9.47. The minimum atomic E-state index is -4.65. The highest BCUT2D eigenvalue weighted by molar-refractivity contribution is 7.90. The Morgan fingerprint density at radius 1 is 1.41 bits per heavy atom. The zero-order chi connectivity index (χ0) is 27.2. The lowest BCUT2D eigenvalue weighted by molar-refractivity contribution is -0.134. The van der Waals surface area contributed by atoms with Gasteiger partial charge in [0.1, 0.15) is 20.3 Å². The fraction of sp³-hybridized carbons (Fsp3) is 0.696. The Morgan fingerprint density at radius 3 is 2.76 bits per heavy atom. The molecule has 2 aromatic heterocycles. The van der Waals surface area contributed by atoms with E-state index in [2.05, 4.69) is 22.1 Å². The molecule has 2 aliphatic heterocycles. The molecule has 4 heterocycles. The molecule has 2 aromatic rings. The number of ether oxygens (including phenoxy) is 1. The molecule has 14 heteroatoms. The summed E-state index contributed by atoms with van der Waals surface area (Å²) in [5.74, 6) is -0.827. The number of nitrogens with zero attached hydrogens (tertiary/aromatic N) is 4. The van der Waals surface area contributed by atoms with Crippen molar-refractivity contribution in [2.24, 2.45) is 11.7 Å². The Morgan fingerprint density at radius 2 is 2.14 bits per heavy atom. The fourth-order valence-corrected chi connectivity index (χ4v) is 7.35. The SMILES string of the molecule is CC(Cc1cn(CCS(C)(=O)=O)nn1)CN1CC[C@]2(C[C@@H]1C)OCCc1c2sc(C(F)(F)F)c1C(N)=O. The van der Waals surface area contributed by atoms with E-state index in [-0.39, 0.29) is 37.3 Å². The maximum Gasteiger partial charge on any atom is 0.426 e. The van der Waals surface area contributed by atoms with Gasteiger partial charge < -0.3 is 15.4 Å². The quantitative estimate of drug-likeness (QED) is 0.524. The van der Waals surface area contributed by atoms with E-state index >= 15 is 0 Å². The lowest BCUT2D eigenvalue weighted by Gasteiger charge is -2.47. The molecule has 3 atom stereocenters. The van der Waals surface area contributed by atoms with Crippen molar-refractivity contribution in [3.05, 3.63) is 32.8 Å². The molecule has 2 aliphatic rings. The van der Waals surface area contributed by atoms with E-state index in [1.54, 1.807) is 6.20 Å². The Labute approximate surface area is 218 Å². The Bertz CT molecular complexity index is 1260. The first-order chi connectivity index (χ1) is 17.2. The molecule has 0 aromatic carbocycles. The van der Waals surface area contributed by atoms with Crippen LogP contribution in [0.1, 0.15) is 58.1 Å². The van der Waals surface area contributed by atoms with E-state index in [0.717, 1.165) is 12.2 Å². The Hall–Kier alpha value is -2.03. The van der Waals surface area contributed by atoms with Crippen LogP contribution in [0.3, 0.4) is 0 Å². The number of hydrogen-bond donors (Lipinski definition) is 1. The van der Waals surface area contributed by atoms with Gasteiger partial charge in [0.2, 0.25) is 5.91 Å². The Balaban J connectivity index is 1.43. The zero-order valence-electron chi connectivity index (χ0n) is 21.0. The van der Waals surface area contributed by atoms with Crippen molar-refractivity contribution in [2.75, 3.05) is 31.7 Å². The number of thiophene rings is 1. The van der Waals surface area contributed by atoms with Crippen molar-refractivity contribution in [3.8, 4) is 0 Å². The van der Waals surface area contributed by atoms with Gasteiger partial charge in [0.05, 0.1) is 30.2 Å². The summed E-state index contributed by atoms with van der Waals surface area (Å²) in [7, 11) is -3.09. The summed E-state index contributed by atoms with van der Waals surface area (Å²) >= 11 is 0.605. The number of likely N-dealkylation sites (tertiary alicyclic amines) is 1. The standard InChI is InChI=1S/C23H32F3N5O4S2/c1-14(10-16-13-31(29-28-16)7-9-37(3,33)34)12-30-6-5-22(11-15(30)2)19-17(4-8-35-22)18(21(27)32)20(36-19)23(24,25)26/h13-15H,4-12H2,1-3H3,(H2,27,32)/t14?,15-,22+/m0/s1. The van der Waals surface area contributed by atoms with E-state index in [4.69, 9.17) is 10.5 Å². The highest BCUT2D eigenvalue weighted by atomic mass is 32.2. The summed E-state index contributed by atoms with van der Waals surface area (Å²) in [4.78, 5) is 13.8. The maximum absolute atomic E-state index is 13.7. The summed E-state index contributed by atoms with van der Waals surface area (Å²) in [6.07, 6.45) is 0.234. The summed E-state index contributed by atoms with van der Waals surface area (Å²) in [6.45, 7) is 6.03. The number of aromatic nitrogens is 3. The second-order valence-corrected chi connectivity index (χ2v) is 13.6. The van der Waals surface area contributed by atoms with Crippen LogP contribution >= 0.6 is 11.3 Å². The summed E-state index contributed by atoms with van der Waals surface area (Å²) in [5.41, 5.74) is 5.30. The molecular formula is C23H32F3N5O4S2. The predicted octanol–water partition coefficient (Wildman–Crippen LogP) is 2.63. The van der Waals surface area contributed by atoms with Crippen LogP contribution in [0, 0.1) is 5.92 Å². The second-order valence-electron chi connectivity index (χ2n) is 10.3. The van der Waals surface area contributed by atoms with Gasteiger partial charge in [0.15, 0.2) is 0 Å². The number of carbonyl (C=O) groups excluding carboxylic acids is 1. The van der Waals surface area contributed by atoms with Gasteiger partial charge in [-0.05, 0) is 44.1 Å². The summed E-state index contributed by atoms with van der Waals surface area (Å²) < 4.78 is 71.6. The number of fused-ring (bicyclic) bond motifs is 2. The molecule has 0 aliphatic carbocycles. The molecule has 9 nitrogen and oxygen atoms in total. The predicted molar refractivity (Wildman–Crippen MR) is 132 cm³/mol. The maximum atomic E-state index is 13.7. The number of nitrogens with two attached hydrogens (primary N) is 1. The molecule has 1 unspecified atom stereocenters. The molecule has 2 N–H and O–H groups in total. The van der Waals surface area contributed by atoms with Crippen molar-refractivity contribution in [1.82, 2.24) is 19.9 Å². The number of aryl methyl sites for hydroxylation is 1. The van der Waals surface area contributed by atoms with Crippen molar-refractivity contribution in [1.29, 1.82) is 0 Å². The molecule has 206 valence electrons. The second kappa shape index (κ2) is 10.3. The molecule has 1 saturated heterocycles. The monoisotopic (exact) mass is 563 g/mol. The number of sulfone groups is 1. The highest BCUT2D eigenvalue weighted by Gasteiger charge is 2.49. The third kappa shape index (κ3) is 6.18. The average molecular weight is 564 g/mol. The summed E-state index contributed by atoms with van der Waals surface area (Å²) in [5, 5.41) is 8.17. The number of hydrogen-bond acceptors (Lipinski definition) is 8. The van der Waals surface area contributed by atoms with Crippen LogP contribution in [-0.2, 0) is 45.7 Å². The third-order valence-electron chi connectivity index (χ3n) is 7.09. The van der Waals surface area contributed by atoms with Gasteiger partial charge in [-0.25, -0.2) is 8.42 Å². The number of carbonyl (C=O) groups is 1. The molecule has 1 spiro atoms. The van der Waals surface area contributed by atoms with Crippen LogP contribution in [0.5, 0.6) is 0 Å². The smallest absolute Gasteiger partial charge is 0.369 e. The first-order valence-corrected chi connectivity index (χ1v) is 15.0. The lowest BCUT2D eigenvalue weighted by Crippen LogP contribution is -2.51. The first kappa shape index (κ1) is 28.0. The van der Waals surface area contributed by atoms with Gasteiger partial charge in [-0.15, -0.1) is 16.4 Å². The number of amides is 1. The number of primary amides is 1. The van der Waals surface area contributed by atoms with Gasteiger partial charge in [-0.1, -0.05) is 12.1 Å². The molecule has 37 heavy (non-hydrogen) atoms. The highest BCUT2D eigenvalue weighted by Crippen LogP contribution is 2.51. The first-order valence-electron chi connectivity index (χ1n) is 12.2. The average Bonchev–Trinajstić information content (AvgIpc) is 3.39. The van der Waals surface area contributed by atoms with Gasteiger partial charge in [-0.3, -0.25) is 9.48 Å². The minimum absolute atomic E-state index is 0.00216.